The molecule has 0 radical (unpaired) electrons. The van der Waals surface area contributed by atoms with Crippen LogP contribution >= 0.6 is 0 Å². The van der Waals surface area contributed by atoms with E-state index in [1.54, 1.807) is 43.3 Å². The van der Waals surface area contributed by atoms with Gasteiger partial charge in [0, 0.05) is 6.54 Å². The van der Waals surface area contributed by atoms with Crippen molar-refractivity contribution in [3.63, 3.8) is 0 Å². The Labute approximate surface area is 143 Å². The minimum atomic E-state index is -3.70. The average Bonchev–Trinajstić information content (AvgIpc) is 2.59. The van der Waals surface area contributed by atoms with E-state index in [1.165, 1.54) is 12.1 Å². The van der Waals surface area contributed by atoms with Crippen molar-refractivity contribution in [2.24, 2.45) is 0 Å². The van der Waals surface area contributed by atoms with Crippen LogP contribution < -0.4 is 9.46 Å². The predicted molar refractivity (Wildman–Crippen MR) is 93.4 cm³/mol. The van der Waals surface area contributed by atoms with Gasteiger partial charge in [0.1, 0.15) is 11.4 Å². The number of sulfonamides is 1. The molecule has 2 aromatic rings. The van der Waals surface area contributed by atoms with Crippen LogP contribution in [0, 0.1) is 0 Å². The normalized spacial score (nSPS) is 14.1. The van der Waals surface area contributed by atoms with Crippen LogP contribution in [0.1, 0.15) is 25.8 Å². The summed E-state index contributed by atoms with van der Waals surface area (Å²) in [7, 11) is -3.70. The van der Waals surface area contributed by atoms with Crippen LogP contribution in [0.2, 0.25) is 0 Å². The van der Waals surface area contributed by atoms with E-state index in [9.17, 15) is 13.5 Å². The van der Waals surface area contributed by atoms with Crippen LogP contribution in [0.15, 0.2) is 59.5 Å². The number of rotatable bonds is 8. The molecule has 0 aromatic heterocycles. The topological polar surface area (TPSA) is 75.6 Å². The van der Waals surface area contributed by atoms with Gasteiger partial charge in [-0.3, -0.25) is 0 Å². The Bertz CT molecular complexity index is 740. The molecule has 2 rings (SSSR count). The van der Waals surface area contributed by atoms with Crippen LogP contribution in [0.25, 0.3) is 0 Å². The Balaban J connectivity index is 2.05. The van der Waals surface area contributed by atoms with Crippen LogP contribution in [0.5, 0.6) is 5.75 Å². The van der Waals surface area contributed by atoms with Gasteiger partial charge in [-0.25, -0.2) is 13.1 Å². The summed E-state index contributed by atoms with van der Waals surface area (Å²) >= 11 is 0. The quantitative estimate of drug-likeness (QED) is 0.768. The molecule has 0 aliphatic rings. The zero-order chi connectivity index (χ0) is 17.6. The largest absolute Gasteiger partial charge is 0.494 e. The maximum absolute atomic E-state index is 12.4. The van der Waals surface area contributed by atoms with Gasteiger partial charge in [-0.1, -0.05) is 37.3 Å². The molecule has 6 heteroatoms. The van der Waals surface area contributed by atoms with E-state index in [0.717, 1.165) is 6.42 Å². The minimum Gasteiger partial charge on any atom is -0.494 e. The molecule has 0 saturated heterocycles. The Kier molecular flexibility index (Phi) is 5.99. The summed E-state index contributed by atoms with van der Waals surface area (Å²) in [5, 5.41) is 10.5. The number of hydrogen-bond donors (Lipinski definition) is 2. The molecule has 2 N–H and O–H groups in total. The van der Waals surface area contributed by atoms with Crippen LogP contribution in [0.4, 0.5) is 0 Å². The molecule has 0 spiro atoms. The predicted octanol–water partition coefficient (Wildman–Crippen LogP) is 2.66. The molecule has 0 saturated carbocycles. The fraction of sp³-hybridized carbons (Fsp3) is 0.333. The van der Waals surface area contributed by atoms with Gasteiger partial charge >= 0.3 is 0 Å². The highest BCUT2D eigenvalue weighted by molar-refractivity contribution is 7.89. The maximum Gasteiger partial charge on any atom is 0.240 e. The third-order valence-corrected chi connectivity index (χ3v) is 5.03. The van der Waals surface area contributed by atoms with Crippen molar-refractivity contribution in [3.8, 4) is 5.75 Å². The van der Waals surface area contributed by atoms with E-state index in [4.69, 9.17) is 4.74 Å². The number of aliphatic hydroxyl groups is 1. The van der Waals surface area contributed by atoms with Gasteiger partial charge in [-0.2, -0.15) is 0 Å². The number of nitrogens with one attached hydrogen (secondary N) is 1. The fourth-order valence-corrected chi connectivity index (χ4v) is 3.29. The first kappa shape index (κ1) is 18.4. The molecule has 0 unspecified atom stereocenters. The van der Waals surface area contributed by atoms with Gasteiger partial charge in [0.15, 0.2) is 0 Å². The Hall–Kier alpha value is -1.89. The van der Waals surface area contributed by atoms with E-state index < -0.39 is 15.6 Å². The zero-order valence-corrected chi connectivity index (χ0v) is 14.7. The van der Waals surface area contributed by atoms with Crippen molar-refractivity contribution in [1.29, 1.82) is 0 Å². The third-order valence-electron chi connectivity index (χ3n) is 3.61. The second-order valence-electron chi connectivity index (χ2n) is 5.78. The van der Waals surface area contributed by atoms with Crippen LogP contribution in [-0.2, 0) is 15.6 Å². The molecule has 1 atom stereocenters. The zero-order valence-electron chi connectivity index (χ0n) is 13.9. The second kappa shape index (κ2) is 7.79. The first-order chi connectivity index (χ1) is 11.3. The van der Waals surface area contributed by atoms with Crippen molar-refractivity contribution in [3.05, 3.63) is 60.2 Å². The second-order valence-corrected chi connectivity index (χ2v) is 7.55. The summed E-state index contributed by atoms with van der Waals surface area (Å²) in [6, 6.07) is 15.2. The van der Waals surface area contributed by atoms with Gasteiger partial charge in [-0.05, 0) is 43.2 Å². The van der Waals surface area contributed by atoms with Crippen molar-refractivity contribution in [2.75, 3.05) is 13.2 Å². The molecule has 130 valence electrons. The summed E-state index contributed by atoms with van der Waals surface area (Å²) < 4.78 is 32.6. The first-order valence-electron chi connectivity index (χ1n) is 7.85. The molecular weight excluding hydrogens is 326 g/mol. The van der Waals surface area contributed by atoms with E-state index in [0.29, 0.717) is 17.9 Å². The lowest BCUT2D eigenvalue weighted by Gasteiger charge is -2.24. The van der Waals surface area contributed by atoms with Gasteiger partial charge in [0.05, 0.1) is 11.5 Å². The Morgan fingerprint density at radius 2 is 1.71 bits per heavy atom. The summed E-state index contributed by atoms with van der Waals surface area (Å²) in [4.78, 5) is 0.134. The molecule has 2 aromatic carbocycles. The molecule has 5 nitrogen and oxygen atoms in total. The van der Waals surface area contributed by atoms with Gasteiger partial charge in [-0.15, -0.1) is 0 Å². The van der Waals surface area contributed by atoms with Gasteiger partial charge < -0.3 is 9.84 Å². The smallest absolute Gasteiger partial charge is 0.240 e. The summed E-state index contributed by atoms with van der Waals surface area (Å²) in [5.74, 6) is 0.632. The standard InChI is InChI=1S/C18H23NO4S/c1-3-13-23-16-9-11-17(12-10-16)24(21,22)19-14-18(2,20)15-7-5-4-6-8-15/h4-12,19-20H,3,13-14H2,1-2H3/t18-/m0/s1. The third kappa shape index (κ3) is 4.80. The summed E-state index contributed by atoms with van der Waals surface area (Å²) in [5.41, 5.74) is -0.644. The summed E-state index contributed by atoms with van der Waals surface area (Å²) in [6.45, 7) is 4.05. The molecular formula is C18H23NO4S. The van der Waals surface area contributed by atoms with E-state index in [2.05, 4.69) is 4.72 Å². The van der Waals surface area contributed by atoms with Crippen LogP contribution in [0.3, 0.4) is 0 Å². The van der Waals surface area contributed by atoms with Gasteiger partial charge in [0.2, 0.25) is 10.0 Å². The SMILES string of the molecule is CCCOc1ccc(S(=O)(=O)NC[C@](C)(O)c2ccccc2)cc1. The molecule has 24 heavy (non-hydrogen) atoms. The maximum atomic E-state index is 12.4. The van der Waals surface area contributed by atoms with Crippen molar-refractivity contribution in [2.45, 2.75) is 30.8 Å². The molecule has 0 amide bonds. The molecule has 0 aliphatic carbocycles. The molecule has 0 bridgehead atoms. The van der Waals surface area contributed by atoms with Crippen LogP contribution in [-0.4, -0.2) is 26.7 Å². The highest BCUT2D eigenvalue weighted by Crippen LogP contribution is 2.21. The number of benzene rings is 2. The van der Waals surface area contributed by atoms with E-state index >= 15 is 0 Å². The Morgan fingerprint density at radius 1 is 1.08 bits per heavy atom. The lowest BCUT2D eigenvalue weighted by molar-refractivity contribution is 0.0627. The highest BCUT2D eigenvalue weighted by atomic mass is 32.2. The van der Waals surface area contributed by atoms with Crippen molar-refractivity contribution in [1.82, 2.24) is 4.72 Å². The van der Waals surface area contributed by atoms with E-state index in [-0.39, 0.29) is 11.4 Å². The molecule has 0 aliphatic heterocycles. The molecule has 0 heterocycles. The minimum absolute atomic E-state index is 0.118. The van der Waals surface area contributed by atoms with Gasteiger partial charge in [0.25, 0.3) is 0 Å². The monoisotopic (exact) mass is 349 g/mol. The number of hydrogen-bond acceptors (Lipinski definition) is 4. The van der Waals surface area contributed by atoms with E-state index in [1.807, 2.05) is 13.0 Å². The first-order valence-corrected chi connectivity index (χ1v) is 9.34. The van der Waals surface area contributed by atoms with Crippen molar-refractivity contribution < 1.29 is 18.3 Å². The lowest BCUT2D eigenvalue weighted by atomic mass is 9.97. The van der Waals surface area contributed by atoms with Crippen molar-refractivity contribution >= 4 is 10.0 Å². The highest BCUT2D eigenvalue weighted by Gasteiger charge is 2.26. The number of ether oxygens (including phenoxy) is 1. The Morgan fingerprint density at radius 3 is 2.29 bits per heavy atom. The summed E-state index contributed by atoms with van der Waals surface area (Å²) in [6.07, 6.45) is 0.885. The molecule has 0 fully saturated rings. The lowest BCUT2D eigenvalue weighted by Crippen LogP contribution is -2.38. The fourth-order valence-electron chi connectivity index (χ4n) is 2.15. The average molecular weight is 349 g/mol.